The number of aliphatic carboxylic acids is 1. The van der Waals surface area contributed by atoms with Crippen molar-refractivity contribution in [2.45, 2.75) is 109 Å². The van der Waals surface area contributed by atoms with Crippen molar-refractivity contribution in [3.8, 4) is 0 Å². The van der Waals surface area contributed by atoms with E-state index in [1.54, 1.807) is 20.8 Å². The van der Waals surface area contributed by atoms with Crippen LogP contribution in [0.1, 0.15) is 79.6 Å². The second kappa shape index (κ2) is 8.96. The second-order valence-electron chi connectivity index (χ2n) is 11.0. The molecule has 2 saturated heterocycles. The highest BCUT2D eigenvalue weighted by molar-refractivity contribution is 5.84. The summed E-state index contributed by atoms with van der Waals surface area (Å²) in [4.78, 5) is 41.4. The van der Waals surface area contributed by atoms with Gasteiger partial charge in [-0.05, 0) is 64.7 Å². The second-order valence-corrected chi connectivity index (χ2v) is 11.0. The highest BCUT2D eigenvalue weighted by atomic mass is 16.6. The normalized spacial score (nSPS) is 29.1. The minimum absolute atomic E-state index is 0.0442. The summed E-state index contributed by atoms with van der Waals surface area (Å²) >= 11 is 0. The third kappa shape index (κ3) is 5.70. The summed E-state index contributed by atoms with van der Waals surface area (Å²) in [7, 11) is 0. The number of carboxylic acid groups (broad SMARTS) is 1. The van der Waals surface area contributed by atoms with Gasteiger partial charge in [0, 0.05) is 25.6 Å². The fourth-order valence-corrected chi connectivity index (χ4v) is 5.03. The number of carbonyl (C=O) groups is 3. The van der Waals surface area contributed by atoms with E-state index in [0.29, 0.717) is 13.0 Å². The Hall–Kier alpha value is -1.83. The van der Waals surface area contributed by atoms with Gasteiger partial charge in [-0.1, -0.05) is 13.8 Å². The van der Waals surface area contributed by atoms with Gasteiger partial charge in [0.15, 0.2) is 0 Å². The molecule has 8 nitrogen and oxygen atoms in total. The average molecular weight is 439 g/mol. The third-order valence-electron chi connectivity index (χ3n) is 6.75. The molecule has 176 valence electrons. The Kier molecular flexibility index (Phi) is 6.89. The standard InChI is InChI=1S/C23H38N2O6/c1-22(2,3)31-21(29)24-14-16(13-17(24)20(27)28)25(19(26)18-7-6-12-30-18)15-8-10-23(4,5)11-9-15/h15-18H,6-14H2,1-5H3,(H,27,28)/t16-,17-,18-/m0/s1. The molecule has 31 heavy (non-hydrogen) atoms. The van der Waals surface area contributed by atoms with Gasteiger partial charge in [0.2, 0.25) is 0 Å². The lowest BCUT2D eigenvalue weighted by atomic mass is 9.75. The maximum absolute atomic E-state index is 13.5. The molecular weight excluding hydrogens is 400 g/mol. The van der Waals surface area contributed by atoms with Crippen LogP contribution in [0.25, 0.3) is 0 Å². The lowest BCUT2D eigenvalue weighted by Crippen LogP contribution is -2.53. The van der Waals surface area contributed by atoms with Gasteiger partial charge in [0.1, 0.15) is 17.7 Å². The van der Waals surface area contributed by atoms with Gasteiger partial charge in [0.05, 0.1) is 6.04 Å². The molecule has 1 saturated carbocycles. The molecular formula is C23H38N2O6. The van der Waals surface area contributed by atoms with Crippen LogP contribution in [0.2, 0.25) is 0 Å². The molecule has 0 spiro atoms. The average Bonchev–Trinajstić information content (AvgIpc) is 3.31. The SMILES string of the molecule is CC1(C)CCC(N(C(=O)[C@@H]2CCCO2)[C@H]2C[C@@H](C(=O)O)N(C(=O)OC(C)(C)C)C2)CC1. The Labute approximate surface area is 185 Å². The largest absolute Gasteiger partial charge is 0.480 e. The van der Waals surface area contributed by atoms with E-state index in [2.05, 4.69) is 13.8 Å². The lowest BCUT2D eigenvalue weighted by Gasteiger charge is -2.43. The topological polar surface area (TPSA) is 96.4 Å². The third-order valence-corrected chi connectivity index (χ3v) is 6.75. The predicted octanol–water partition coefficient (Wildman–Crippen LogP) is 3.43. The van der Waals surface area contributed by atoms with E-state index in [4.69, 9.17) is 9.47 Å². The highest BCUT2D eigenvalue weighted by Crippen LogP contribution is 2.39. The molecule has 3 rings (SSSR count). The van der Waals surface area contributed by atoms with E-state index in [-0.39, 0.29) is 36.4 Å². The predicted molar refractivity (Wildman–Crippen MR) is 115 cm³/mol. The summed E-state index contributed by atoms with van der Waals surface area (Å²) in [6, 6.07) is -1.31. The molecule has 2 heterocycles. The first-order chi connectivity index (χ1) is 14.4. The number of carbonyl (C=O) groups excluding carboxylic acids is 2. The van der Waals surface area contributed by atoms with Gasteiger partial charge in [-0.25, -0.2) is 9.59 Å². The molecule has 8 heteroatoms. The van der Waals surface area contributed by atoms with Crippen molar-refractivity contribution in [3.05, 3.63) is 0 Å². The minimum Gasteiger partial charge on any atom is -0.480 e. The van der Waals surface area contributed by atoms with Crippen molar-refractivity contribution in [1.82, 2.24) is 9.80 Å². The Morgan fingerprint density at radius 2 is 1.74 bits per heavy atom. The van der Waals surface area contributed by atoms with Gasteiger partial charge in [-0.15, -0.1) is 0 Å². The number of carboxylic acids is 1. The minimum atomic E-state index is -1.07. The van der Waals surface area contributed by atoms with Crippen molar-refractivity contribution in [1.29, 1.82) is 0 Å². The van der Waals surface area contributed by atoms with Gasteiger partial charge < -0.3 is 19.5 Å². The van der Waals surface area contributed by atoms with Crippen LogP contribution >= 0.6 is 0 Å². The van der Waals surface area contributed by atoms with Gasteiger partial charge in [-0.3, -0.25) is 9.69 Å². The monoisotopic (exact) mass is 438 g/mol. The molecule has 0 radical (unpaired) electrons. The molecule has 1 aliphatic carbocycles. The van der Waals surface area contributed by atoms with Crippen LogP contribution in [0.5, 0.6) is 0 Å². The molecule has 0 aromatic heterocycles. The van der Waals surface area contributed by atoms with Crippen molar-refractivity contribution >= 4 is 18.0 Å². The lowest BCUT2D eigenvalue weighted by molar-refractivity contribution is -0.148. The van der Waals surface area contributed by atoms with Crippen molar-refractivity contribution in [3.63, 3.8) is 0 Å². The first-order valence-electron chi connectivity index (χ1n) is 11.5. The maximum atomic E-state index is 13.5. The zero-order chi connectivity index (χ0) is 23.0. The first-order valence-corrected chi connectivity index (χ1v) is 11.5. The number of hydrogen-bond donors (Lipinski definition) is 1. The molecule has 2 amide bonds. The van der Waals surface area contributed by atoms with Crippen molar-refractivity contribution in [2.75, 3.05) is 13.2 Å². The van der Waals surface area contributed by atoms with Crippen LogP contribution in [-0.4, -0.2) is 75.9 Å². The van der Waals surface area contributed by atoms with Crippen LogP contribution in [-0.2, 0) is 19.1 Å². The molecule has 2 aliphatic heterocycles. The quantitative estimate of drug-likeness (QED) is 0.722. The van der Waals surface area contributed by atoms with Gasteiger partial charge >= 0.3 is 12.1 Å². The van der Waals surface area contributed by atoms with E-state index < -0.39 is 29.8 Å². The zero-order valence-corrected chi connectivity index (χ0v) is 19.6. The van der Waals surface area contributed by atoms with Crippen LogP contribution in [0.15, 0.2) is 0 Å². The molecule has 0 bridgehead atoms. The van der Waals surface area contributed by atoms with E-state index >= 15 is 0 Å². The van der Waals surface area contributed by atoms with Crippen molar-refractivity contribution < 1.29 is 29.0 Å². The summed E-state index contributed by atoms with van der Waals surface area (Å²) in [5.74, 6) is -1.12. The van der Waals surface area contributed by atoms with Gasteiger partial charge in [-0.2, -0.15) is 0 Å². The zero-order valence-electron chi connectivity index (χ0n) is 19.6. The maximum Gasteiger partial charge on any atom is 0.411 e. The van der Waals surface area contributed by atoms with E-state index in [0.717, 1.165) is 32.1 Å². The Morgan fingerprint density at radius 3 is 2.26 bits per heavy atom. The molecule has 0 aromatic rings. The van der Waals surface area contributed by atoms with Crippen LogP contribution in [0, 0.1) is 5.41 Å². The first kappa shape index (κ1) is 23.8. The molecule has 1 N–H and O–H groups in total. The molecule has 0 unspecified atom stereocenters. The molecule has 3 atom stereocenters. The molecule has 3 fully saturated rings. The van der Waals surface area contributed by atoms with E-state index in [1.807, 2.05) is 4.90 Å². The number of rotatable bonds is 4. The van der Waals surface area contributed by atoms with Crippen LogP contribution < -0.4 is 0 Å². The number of ether oxygens (including phenoxy) is 2. The Bertz CT molecular complexity index is 685. The van der Waals surface area contributed by atoms with Gasteiger partial charge in [0.25, 0.3) is 5.91 Å². The number of hydrogen-bond acceptors (Lipinski definition) is 5. The van der Waals surface area contributed by atoms with Crippen molar-refractivity contribution in [2.24, 2.45) is 5.41 Å². The summed E-state index contributed by atoms with van der Waals surface area (Å²) in [6.07, 6.45) is 4.44. The number of amides is 2. The van der Waals surface area contributed by atoms with Crippen LogP contribution in [0.3, 0.4) is 0 Å². The number of nitrogens with zero attached hydrogens (tertiary/aromatic N) is 2. The summed E-state index contributed by atoms with van der Waals surface area (Å²) in [5, 5.41) is 9.78. The molecule has 3 aliphatic rings. The van der Waals surface area contributed by atoms with E-state index in [1.165, 1.54) is 4.90 Å². The molecule has 0 aromatic carbocycles. The highest BCUT2D eigenvalue weighted by Gasteiger charge is 2.48. The summed E-state index contributed by atoms with van der Waals surface area (Å²) in [6.45, 7) is 10.5. The summed E-state index contributed by atoms with van der Waals surface area (Å²) in [5.41, 5.74) is -0.475. The van der Waals surface area contributed by atoms with E-state index in [9.17, 15) is 19.5 Å². The smallest absolute Gasteiger partial charge is 0.411 e. The number of likely N-dealkylation sites (tertiary alicyclic amines) is 1. The fraction of sp³-hybridized carbons (Fsp3) is 0.870. The Morgan fingerprint density at radius 1 is 1.10 bits per heavy atom. The van der Waals surface area contributed by atoms with Crippen LogP contribution in [0.4, 0.5) is 4.79 Å². The summed E-state index contributed by atoms with van der Waals surface area (Å²) < 4.78 is 11.1. The Balaban J connectivity index is 1.83. The fourth-order valence-electron chi connectivity index (χ4n) is 5.03.